The van der Waals surface area contributed by atoms with Crippen LogP contribution in [0.15, 0.2) is 170 Å². The van der Waals surface area contributed by atoms with Gasteiger partial charge in [-0.3, -0.25) is 0 Å². The zero-order valence-corrected chi connectivity index (χ0v) is 28.0. The summed E-state index contributed by atoms with van der Waals surface area (Å²) in [5.74, 6) is 0. The third-order valence-corrected chi connectivity index (χ3v) is 14.4. The van der Waals surface area contributed by atoms with Crippen molar-refractivity contribution in [2.45, 2.75) is 0 Å². The van der Waals surface area contributed by atoms with Crippen molar-refractivity contribution in [3.05, 3.63) is 187 Å². The van der Waals surface area contributed by atoms with Crippen molar-refractivity contribution in [1.29, 1.82) is 15.8 Å². The highest BCUT2D eigenvalue weighted by Gasteiger charge is 2.44. The van der Waals surface area contributed by atoms with E-state index in [9.17, 15) is 15.8 Å². The molecule has 8 rings (SSSR count). The van der Waals surface area contributed by atoms with E-state index < -0.39 is 8.07 Å². The molecule has 0 aliphatic rings. The number of nitrogens with zero attached hydrogens (tertiary/aromatic N) is 4. The average Bonchev–Trinajstić information content (AvgIpc) is 3.52. The molecule has 0 fully saturated rings. The van der Waals surface area contributed by atoms with Gasteiger partial charge in [0.25, 0.3) is 0 Å². The molecule has 0 spiro atoms. The number of benzene rings is 7. The predicted molar refractivity (Wildman–Crippen MR) is 204 cm³/mol. The van der Waals surface area contributed by atoms with Gasteiger partial charge in [-0.05, 0) is 63.2 Å². The van der Waals surface area contributed by atoms with Gasteiger partial charge in [-0.1, -0.05) is 127 Å². The van der Waals surface area contributed by atoms with Crippen LogP contribution in [0.3, 0.4) is 0 Å². The Balaban J connectivity index is 1.57. The monoisotopic (exact) mass is 652 g/mol. The van der Waals surface area contributed by atoms with Gasteiger partial charge in [-0.2, -0.15) is 15.8 Å². The third-order valence-electron chi connectivity index (χ3n) is 9.63. The number of nitriles is 3. The van der Waals surface area contributed by atoms with Crippen molar-refractivity contribution in [1.82, 2.24) is 4.57 Å². The lowest BCUT2D eigenvalue weighted by molar-refractivity contribution is 1.18. The lowest BCUT2D eigenvalue weighted by atomic mass is 9.96. The smallest absolute Gasteiger partial charge is 0.180 e. The molecule has 0 aliphatic carbocycles. The van der Waals surface area contributed by atoms with Crippen LogP contribution in [-0.2, 0) is 0 Å². The van der Waals surface area contributed by atoms with Crippen LogP contribution in [0.2, 0.25) is 0 Å². The highest BCUT2D eigenvalue weighted by molar-refractivity contribution is 7.20. The number of para-hydroxylation sites is 2. The van der Waals surface area contributed by atoms with Gasteiger partial charge in [0.1, 0.15) is 0 Å². The maximum Gasteiger partial charge on any atom is 0.180 e. The van der Waals surface area contributed by atoms with E-state index in [-0.39, 0.29) is 0 Å². The summed E-state index contributed by atoms with van der Waals surface area (Å²) in [7, 11) is -3.20. The molecule has 0 bridgehead atoms. The summed E-state index contributed by atoms with van der Waals surface area (Å²) in [6, 6.07) is 64.9. The first kappa shape index (κ1) is 30.4. The Kier molecular flexibility index (Phi) is 7.63. The number of rotatable bonds is 6. The molecule has 0 aliphatic heterocycles. The molecule has 0 radical (unpaired) electrons. The highest BCUT2D eigenvalue weighted by Crippen LogP contribution is 2.37. The molecule has 0 N–H and O–H groups in total. The molecule has 7 aromatic carbocycles. The first-order chi connectivity index (χ1) is 24.7. The van der Waals surface area contributed by atoms with E-state index in [1.807, 2.05) is 66.7 Å². The summed E-state index contributed by atoms with van der Waals surface area (Å²) in [6.45, 7) is 0. The molecule has 1 heterocycles. The van der Waals surface area contributed by atoms with E-state index in [1.165, 1.54) is 0 Å². The van der Waals surface area contributed by atoms with Crippen molar-refractivity contribution in [2.75, 3.05) is 0 Å². The predicted octanol–water partition coefficient (Wildman–Crippen LogP) is 7.44. The van der Waals surface area contributed by atoms with Crippen molar-refractivity contribution in [3.8, 4) is 35.0 Å². The molecule has 232 valence electrons. The summed E-state index contributed by atoms with van der Waals surface area (Å²) in [4.78, 5) is 0. The van der Waals surface area contributed by atoms with Gasteiger partial charge in [-0.25, -0.2) is 0 Å². The normalized spacial score (nSPS) is 11.1. The Morgan fingerprint density at radius 3 is 1.58 bits per heavy atom. The highest BCUT2D eigenvalue weighted by atomic mass is 28.3. The Hall–Kier alpha value is -6.97. The van der Waals surface area contributed by atoms with Gasteiger partial charge in [0.2, 0.25) is 0 Å². The van der Waals surface area contributed by atoms with Crippen molar-refractivity contribution >= 4 is 50.6 Å². The standard InChI is InChI=1S/C45H28N4Si/c46-29-32-24-25-43-40(27-32)38-20-10-12-22-41(38)49(43)42-23-13-11-21-39(42)45-34(31-48)26-33(30-47)28-44(45)50(35-14-4-1-5-15-35,36-16-6-2-7-17-36)37-18-8-3-9-19-37/h1-28H. The summed E-state index contributed by atoms with van der Waals surface area (Å²) < 4.78 is 2.24. The molecule has 5 heteroatoms. The lowest BCUT2D eigenvalue weighted by Crippen LogP contribution is -2.75. The largest absolute Gasteiger partial charge is 0.309 e. The molecule has 4 nitrogen and oxygen atoms in total. The Bertz CT molecular complexity index is 2580. The number of aromatic nitrogens is 1. The van der Waals surface area contributed by atoms with E-state index in [0.717, 1.165) is 59.4 Å². The summed E-state index contributed by atoms with van der Waals surface area (Å²) >= 11 is 0. The topological polar surface area (TPSA) is 76.3 Å². The van der Waals surface area contributed by atoms with Crippen molar-refractivity contribution in [3.63, 3.8) is 0 Å². The molecule has 8 aromatic rings. The van der Waals surface area contributed by atoms with Crippen molar-refractivity contribution in [2.24, 2.45) is 0 Å². The first-order valence-corrected chi connectivity index (χ1v) is 18.4. The average molecular weight is 653 g/mol. The Morgan fingerprint density at radius 1 is 0.440 bits per heavy atom. The second kappa shape index (κ2) is 12.6. The summed E-state index contributed by atoms with van der Waals surface area (Å²) in [6.07, 6.45) is 0. The molecule has 50 heavy (non-hydrogen) atoms. The first-order valence-electron chi connectivity index (χ1n) is 16.4. The van der Waals surface area contributed by atoms with Gasteiger partial charge in [-0.15, -0.1) is 0 Å². The van der Waals surface area contributed by atoms with Gasteiger partial charge in [0.05, 0.1) is 51.6 Å². The molecular formula is C45H28N4Si. The Labute approximate surface area is 291 Å². The van der Waals surface area contributed by atoms with Crippen LogP contribution >= 0.6 is 0 Å². The number of hydrogen-bond donors (Lipinski definition) is 0. The minimum atomic E-state index is -3.20. The molecule has 0 atom stereocenters. The second-order valence-electron chi connectivity index (χ2n) is 12.2. The molecule has 0 amide bonds. The number of fused-ring (bicyclic) bond motifs is 3. The van der Waals surface area contributed by atoms with Crippen LogP contribution in [0, 0.1) is 34.0 Å². The van der Waals surface area contributed by atoms with E-state index in [1.54, 1.807) is 6.07 Å². The van der Waals surface area contributed by atoms with Crippen LogP contribution in [-0.4, -0.2) is 12.6 Å². The van der Waals surface area contributed by atoms with Crippen LogP contribution in [0.1, 0.15) is 16.7 Å². The fraction of sp³-hybridized carbons (Fsp3) is 0. The summed E-state index contributed by atoms with van der Waals surface area (Å²) in [5, 5.41) is 37.6. The van der Waals surface area contributed by atoms with Crippen molar-refractivity contribution < 1.29 is 0 Å². The maximum absolute atomic E-state index is 10.9. The fourth-order valence-corrected chi connectivity index (χ4v) is 12.6. The van der Waals surface area contributed by atoms with E-state index in [2.05, 4.69) is 120 Å². The van der Waals surface area contributed by atoms with Gasteiger partial charge < -0.3 is 4.57 Å². The number of hydrogen-bond acceptors (Lipinski definition) is 3. The van der Waals surface area contributed by atoms with E-state index in [0.29, 0.717) is 16.7 Å². The van der Waals surface area contributed by atoms with Crippen LogP contribution < -0.4 is 20.7 Å². The van der Waals surface area contributed by atoms with Crippen LogP contribution in [0.5, 0.6) is 0 Å². The zero-order valence-electron chi connectivity index (χ0n) is 27.0. The van der Waals surface area contributed by atoms with E-state index >= 15 is 0 Å². The molecular weight excluding hydrogens is 625 g/mol. The SMILES string of the molecule is N#Cc1cc(C#N)c(-c2ccccc2-n2c3ccccc3c3cc(C#N)ccc32)c([Si](c2ccccc2)(c2ccccc2)c2ccccc2)c1. The molecule has 0 saturated carbocycles. The zero-order chi connectivity index (χ0) is 34.1. The second-order valence-corrected chi connectivity index (χ2v) is 16.0. The summed E-state index contributed by atoms with van der Waals surface area (Å²) in [5.41, 5.74) is 6.04. The van der Waals surface area contributed by atoms with Crippen LogP contribution in [0.25, 0.3) is 38.6 Å². The lowest BCUT2D eigenvalue weighted by Gasteiger charge is -2.36. The van der Waals surface area contributed by atoms with E-state index in [4.69, 9.17) is 0 Å². The quantitative estimate of drug-likeness (QED) is 0.138. The third kappa shape index (κ3) is 4.72. The van der Waals surface area contributed by atoms with Gasteiger partial charge in [0, 0.05) is 21.9 Å². The molecule has 0 saturated heterocycles. The molecule has 1 aromatic heterocycles. The molecule has 0 unspecified atom stereocenters. The fourth-order valence-electron chi connectivity index (χ4n) is 7.59. The minimum Gasteiger partial charge on any atom is -0.309 e. The maximum atomic E-state index is 10.9. The Morgan fingerprint density at radius 2 is 0.980 bits per heavy atom. The van der Waals surface area contributed by atoms with Gasteiger partial charge >= 0.3 is 0 Å². The van der Waals surface area contributed by atoms with Gasteiger partial charge in [0.15, 0.2) is 8.07 Å². The minimum absolute atomic E-state index is 0.443. The van der Waals surface area contributed by atoms with Crippen LogP contribution in [0.4, 0.5) is 0 Å².